The normalized spacial score (nSPS) is 10.5. The number of halogens is 1. The zero-order valence-corrected chi connectivity index (χ0v) is 9.16. The average molecular weight is 223 g/mol. The van der Waals surface area contributed by atoms with E-state index < -0.39 is 0 Å². The molecule has 3 nitrogen and oxygen atoms in total. The van der Waals surface area contributed by atoms with Crippen LogP contribution in [-0.2, 0) is 0 Å². The van der Waals surface area contributed by atoms with Gasteiger partial charge < -0.3 is 4.74 Å². The summed E-state index contributed by atoms with van der Waals surface area (Å²) in [6.07, 6.45) is 0.940. The van der Waals surface area contributed by atoms with E-state index in [1.807, 2.05) is 31.2 Å². The summed E-state index contributed by atoms with van der Waals surface area (Å²) in [7, 11) is 0. The monoisotopic (exact) mass is 222 g/mol. The Labute approximate surface area is 93.1 Å². The smallest absolute Gasteiger partial charge is 0.226 e. The number of hydrogen-bond donors (Lipinski definition) is 0. The van der Waals surface area contributed by atoms with Gasteiger partial charge in [-0.3, -0.25) is 0 Å². The van der Waals surface area contributed by atoms with Gasteiger partial charge in [-0.15, -0.1) is 0 Å². The zero-order chi connectivity index (χ0) is 10.7. The lowest BCUT2D eigenvalue weighted by Crippen LogP contribution is -1.99. The van der Waals surface area contributed by atoms with E-state index in [9.17, 15) is 0 Å². The van der Waals surface area contributed by atoms with Crippen molar-refractivity contribution in [2.24, 2.45) is 0 Å². The van der Waals surface area contributed by atoms with E-state index in [1.54, 1.807) is 0 Å². The highest BCUT2D eigenvalue weighted by molar-refractivity contribution is 6.28. The van der Waals surface area contributed by atoms with Crippen LogP contribution in [0.2, 0.25) is 5.28 Å². The first-order valence-electron chi connectivity index (χ1n) is 4.86. The second kappa shape index (κ2) is 4.45. The van der Waals surface area contributed by atoms with Crippen LogP contribution in [0.4, 0.5) is 0 Å². The van der Waals surface area contributed by atoms with Crippen LogP contribution in [0.5, 0.6) is 5.88 Å². The molecule has 0 saturated heterocycles. The highest BCUT2D eigenvalue weighted by atomic mass is 35.5. The van der Waals surface area contributed by atoms with E-state index in [2.05, 4.69) is 9.97 Å². The molecule has 0 aliphatic rings. The number of aromatic nitrogens is 2. The van der Waals surface area contributed by atoms with Crippen molar-refractivity contribution in [1.82, 2.24) is 9.97 Å². The van der Waals surface area contributed by atoms with Crippen LogP contribution in [-0.4, -0.2) is 16.6 Å². The summed E-state index contributed by atoms with van der Waals surface area (Å²) in [5, 5.41) is 1.12. The lowest BCUT2D eigenvalue weighted by Gasteiger charge is -2.06. The number of hydrogen-bond acceptors (Lipinski definition) is 3. The number of fused-ring (bicyclic) bond motifs is 1. The van der Waals surface area contributed by atoms with E-state index in [4.69, 9.17) is 16.3 Å². The van der Waals surface area contributed by atoms with Crippen LogP contribution < -0.4 is 4.74 Å². The van der Waals surface area contributed by atoms with Crippen molar-refractivity contribution in [3.63, 3.8) is 0 Å². The van der Waals surface area contributed by atoms with E-state index in [1.165, 1.54) is 0 Å². The Kier molecular flexibility index (Phi) is 3.02. The number of ether oxygens (including phenoxy) is 1. The first-order chi connectivity index (χ1) is 7.31. The predicted octanol–water partition coefficient (Wildman–Crippen LogP) is 3.07. The molecule has 1 aromatic heterocycles. The Morgan fingerprint density at radius 3 is 2.87 bits per heavy atom. The number of benzene rings is 1. The van der Waals surface area contributed by atoms with Crippen molar-refractivity contribution in [2.75, 3.05) is 6.61 Å². The molecule has 1 aromatic carbocycles. The standard InChI is InChI=1S/C11H11ClN2O/c1-2-7-15-10-8-5-3-4-6-9(8)13-11(12)14-10/h3-6H,2,7H2,1H3. The van der Waals surface area contributed by atoms with Gasteiger partial charge in [0.15, 0.2) is 0 Å². The Hall–Kier alpha value is -1.35. The maximum absolute atomic E-state index is 5.80. The molecule has 0 unspecified atom stereocenters. The fourth-order valence-electron chi connectivity index (χ4n) is 1.33. The lowest BCUT2D eigenvalue weighted by molar-refractivity contribution is 0.309. The van der Waals surface area contributed by atoms with Crippen molar-refractivity contribution < 1.29 is 4.74 Å². The molecule has 0 radical (unpaired) electrons. The minimum atomic E-state index is 0.222. The van der Waals surface area contributed by atoms with Crippen molar-refractivity contribution in [3.8, 4) is 5.88 Å². The molecule has 1 heterocycles. The van der Waals surface area contributed by atoms with Crippen molar-refractivity contribution >= 4 is 22.5 Å². The third-order valence-corrected chi connectivity index (χ3v) is 2.15. The summed E-state index contributed by atoms with van der Waals surface area (Å²) in [4.78, 5) is 8.19. The molecule has 2 aromatic rings. The number of para-hydroxylation sites is 1. The molecule has 0 fully saturated rings. The third-order valence-electron chi connectivity index (χ3n) is 1.98. The van der Waals surface area contributed by atoms with Gasteiger partial charge >= 0.3 is 0 Å². The molecule has 0 saturated carbocycles. The molecule has 0 atom stereocenters. The van der Waals surface area contributed by atoms with Gasteiger partial charge in [0.2, 0.25) is 11.2 Å². The molecule has 0 spiro atoms. The summed E-state index contributed by atoms with van der Waals surface area (Å²) < 4.78 is 5.51. The van der Waals surface area contributed by atoms with Crippen LogP contribution >= 0.6 is 11.6 Å². The van der Waals surface area contributed by atoms with Crippen LogP contribution in [0, 0.1) is 0 Å². The number of rotatable bonds is 3. The average Bonchev–Trinajstić information content (AvgIpc) is 2.25. The fraction of sp³-hybridized carbons (Fsp3) is 0.273. The Morgan fingerprint density at radius 1 is 1.27 bits per heavy atom. The van der Waals surface area contributed by atoms with Gasteiger partial charge in [0.05, 0.1) is 17.5 Å². The SMILES string of the molecule is CCCOc1nc(Cl)nc2ccccc12. The highest BCUT2D eigenvalue weighted by Crippen LogP contribution is 2.23. The highest BCUT2D eigenvalue weighted by Gasteiger charge is 2.06. The van der Waals surface area contributed by atoms with Gasteiger partial charge in [0.1, 0.15) is 0 Å². The molecule has 15 heavy (non-hydrogen) atoms. The number of nitrogens with zero attached hydrogens (tertiary/aromatic N) is 2. The zero-order valence-electron chi connectivity index (χ0n) is 8.40. The van der Waals surface area contributed by atoms with Gasteiger partial charge in [0.25, 0.3) is 0 Å². The minimum Gasteiger partial charge on any atom is -0.477 e. The second-order valence-electron chi connectivity index (χ2n) is 3.16. The van der Waals surface area contributed by atoms with Crippen LogP contribution in [0.15, 0.2) is 24.3 Å². The Bertz CT molecular complexity index is 473. The van der Waals surface area contributed by atoms with Crippen LogP contribution in [0.25, 0.3) is 10.9 Å². The Balaban J connectivity index is 2.50. The van der Waals surface area contributed by atoms with Gasteiger partial charge in [0, 0.05) is 0 Å². The molecule has 4 heteroatoms. The molecule has 0 aliphatic heterocycles. The third kappa shape index (κ3) is 2.18. The topological polar surface area (TPSA) is 35.0 Å². The molecule has 0 bridgehead atoms. The predicted molar refractivity (Wildman–Crippen MR) is 60.3 cm³/mol. The quantitative estimate of drug-likeness (QED) is 0.749. The van der Waals surface area contributed by atoms with E-state index in [0.717, 1.165) is 17.3 Å². The van der Waals surface area contributed by atoms with Gasteiger partial charge in [-0.1, -0.05) is 19.1 Å². The van der Waals surface area contributed by atoms with E-state index >= 15 is 0 Å². The summed E-state index contributed by atoms with van der Waals surface area (Å²) >= 11 is 5.80. The van der Waals surface area contributed by atoms with Crippen molar-refractivity contribution in [3.05, 3.63) is 29.5 Å². The van der Waals surface area contributed by atoms with Gasteiger partial charge in [-0.05, 0) is 30.2 Å². The first kappa shape index (κ1) is 10.2. The maximum atomic E-state index is 5.80. The van der Waals surface area contributed by atoms with E-state index in [-0.39, 0.29) is 5.28 Å². The first-order valence-corrected chi connectivity index (χ1v) is 5.24. The summed E-state index contributed by atoms with van der Waals surface area (Å²) in [5.74, 6) is 0.562. The summed E-state index contributed by atoms with van der Waals surface area (Å²) in [5.41, 5.74) is 0.809. The molecule has 78 valence electrons. The molecular weight excluding hydrogens is 212 g/mol. The van der Waals surface area contributed by atoms with Gasteiger partial charge in [-0.2, -0.15) is 4.98 Å². The van der Waals surface area contributed by atoms with Crippen molar-refractivity contribution in [1.29, 1.82) is 0 Å². The molecule has 0 aliphatic carbocycles. The molecular formula is C11H11ClN2O. The summed E-state index contributed by atoms with van der Waals surface area (Å²) in [6, 6.07) is 7.66. The van der Waals surface area contributed by atoms with Crippen LogP contribution in [0.3, 0.4) is 0 Å². The van der Waals surface area contributed by atoms with Crippen molar-refractivity contribution in [2.45, 2.75) is 13.3 Å². The van der Waals surface area contributed by atoms with E-state index in [0.29, 0.717) is 12.5 Å². The molecule has 0 N–H and O–H groups in total. The molecule has 2 rings (SSSR count). The minimum absolute atomic E-state index is 0.222. The van der Waals surface area contributed by atoms with Gasteiger partial charge in [-0.25, -0.2) is 4.98 Å². The second-order valence-corrected chi connectivity index (χ2v) is 3.50. The summed E-state index contributed by atoms with van der Waals surface area (Å²) in [6.45, 7) is 2.68. The molecule has 0 amide bonds. The Morgan fingerprint density at radius 2 is 2.07 bits per heavy atom. The van der Waals surface area contributed by atoms with Crippen LogP contribution in [0.1, 0.15) is 13.3 Å². The largest absolute Gasteiger partial charge is 0.477 e. The lowest BCUT2D eigenvalue weighted by atomic mass is 10.2. The maximum Gasteiger partial charge on any atom is 0.226 e. The fourth-order valence-corrected chi connectivity index (χ4v) is 1.50.